The van der Waals surface area contributed by atoms with Crippen LogP contribution in [0.2, 0.25) is 0 Å². The molecule has 3 rings (SSSR count). The van der Waals surface area contributed by atoms with E-state index in [4.69, 9.17) is 0 Å². The molecule has 0 heterocycles. The lowest BCUT2D eigenvalue weighted by molar-refractivity contribution is 0.289. The molecule has 0 heteroatoms. The van der Waals surface area contributed by atoms with E-state index in [0.717, 1.165) is 23.7 Å². The van der Waals surface area contributed by atoms with E-state index in [9.17, 15) is 0 Å². The Morgan fingerprint density at radius 3 is 2.67 bits per heavy atom. The van der Waals surface area contributed by atoms with Crippen LogP contribution >= 0.6 is 0 Å². The van der Waals surface area contributed by atoms with Gasteiger partial charge < -0.3 is 0 Å². The van der Waals surface area contributed by atoms with E-state index in [-0.39, 0.29) is 0 Å². The predicted octanol–water partition coefficient (Wildman–Crippen LogP) is 5.82. The third kappa shape index (κ3) is 3.52. The molecule has 0 bridgehead atoms. The van der Waals surface area contributed by atoms with Gasteiger partial charge in [0.05, 0.1) is 0 Å². The second-order valence-corrected chi connectivity index (χ2v) is 8.03. The Balaban J connectivity index is 1.63. The van der Waals surface area contributed by atoms with Crippen LogP contribution in [-0.2, 0) is 19.3 Å². The average Bonchev–Trinajstić information content (AvgIpc) is 2.93. The monoisotopic (exact) mass is 284 g/mol. The topological polar surface area (TPSA) is 0 Å². The van der Waals surface area contributed by atoms with Gasteiger partial charge in [-0.25, -0.2) is 0 Å². The van der Waals surface area contributed by atoms with Gasteiger partial charge in [0.2, 0.25) is 0 Å². The van der Waals surface area contributed by atoms with Gasteiger partial charge in [-0.15, -0.1) is 0 Å². The van der Waals surface area contributed by atoms with Crippen LogP contribution in [0.1, 0.15) is 69.6 Å². The summed E-state index contributed by atoms with van der Waals surface area (Å²) in [5.41, 5.74) is 4.84. The Hall–Kier alpha value is -0.780. The largest absolute Gasteiger partial charge is 0.0628 e. The van der Waals surface area contributed by atoms with Crippen molar-refractivity contribution in [1.29, 1.82) is 0 Å². The molecule has 1 aromatic rings. The smallest absolute Gasteiger partial charge is 0.0245 e. The lowest BCUT2D eigenvalue weighted by Crippen LogP contribution is -2.21. The zero-order valence-electron chi connectivity index (χ0n) is 14.2. The Morgan fingerprint density at radius 2 is 1.90 bits per heavy atom. The molecule has 21 heavy (non-hydrogen) atoms. The zero-order chi connectivity index (χ0) is 14.8. The van der Waals surface area contributed by atoms with Gasteiger partial charge in [-0.1, -0.05) is 45.4 Å². The molecule has 3 unspecified atom stereocenters. The van der Waals surface area contributed by atoms with Gasteiger partial charge in [-0.05, 0) is 85.3 Å². The molecule has 0 N–H and O–H groups in total. The van der Waals surface area contributed by atoms with Crippen LogP contribution in [0.15, 0.2) is 18.2 Å². The van der Waals surface area contributed by atoms with Crippen molar-refractivity contribution in [2.45, 2.75) is 72.1 Å². The van der Waals surface area contributed by atoms with Crippen LogP contribution in [-0.4, -0.2) is 0 Å². The standard InChI is InChI=1S/C21H32/c1-4-16-5-7-18-9-10-20(14-21(18)12-16)19-8-6-17(13-19)11-15(2)3/h5,7,12,15,17,19-20H,4,6,8-11,13-14H2,1-3H3. The summed E-state index contributed by atoms with van der Waals surface area (Å²) in [6, 6.07) is 7.25. The van der Waals surface area contributed by atoms with Crippen molar-refractivity contribution in [2.24, 2.45) is 23.7 Å². The van der Waals surface area contributed by atoms with E-state index in [1.54, 1.807) is 11.1 Å². The third-order valence-corrected chi connectivity index (χ3v) is 6.00. The van der Waals surface area contributed by atoms with Gasteiger partial charge in [0.25, 0.3) is 0 Å². The van der Waals surface area contributed by atoms with Gasteiger partial charge in [-0.2, -0.15) is 0 Å². The molecule has 2 aliphatic rings. The molecule has 1 saturated carbocycles. The number of hydrogen-bond acceptors (Lipinski definition) is 0. The molecule has 2 aliphatic carbocycles. The minimum Gasteiger partial charge on any atom is -0.0628 e. The summed E-state index contributed by atoms with van der Waals surface area (Å²) in [6.45, 7) is 7.04. The van der Waals surface area contributed by atoms with E-state index >= 15 is 0 Å². The number of hydrogen-bond donors (Lipinski definition) is 0. The van der Waals surface area contributed by atoms with Gasteiger partial charge in [-0.3, -0.25) is 0 Å². The molecule has 1 fully saturated rings. The number of fused-ring (bicyclic) bond motifs is 1. The zero-order valence-corrected chi connectivity index (χ0v) is 14.2. The van der Waals surface area contributed by atoms with Crippen LogP contribution in [0.3, 0.4) is 0 Å². The first-order valence-corrected chi connectivity index (χ1v) is 9.26. The van der Waals surface area contributed by atoms with Crippen molar-refractivity contribution in [3.63, 3.8) is 0 Å². The maximum atomic E-state index is 2.50. The molecular weight excluding hydrogens is 252 g/mol. The molecule has 3 atom stereocenters. The first-order valence-electron chi connectivity index (χ1n) is 9.26. The van der Waals surface area contributed by atoms with Crippen LogP contribution in [0.25, 0.3) is 0 Å². The summed E-state index contributed by atoms with van der Waals surface area (Å²) in [5, 5.41) is 0. The Kier molecular flexibility index (Phi) is 4.72. The van der Waals surface area contributed by atoms with Gasteiger partial charge in [0.1, 0.15) is 0 Å². The molecule has 0 nitrogen and oxygen atoms in total. The fourth-order valence-corrected chi connectivity index (χ4v) is 4.88. The van der Waals surface area contributed by atoms with Crippen molar-refractivity contribution >= 4 is 0 Å². The molecule has 0 radical (unpaired) electrons. The van der Waals surface area contributed by atoms with Crippen molar-refractivity contribution in [3.8, 4) is 0 Å². The molecule has 116 valence electrons. The minimum absolute atomic E-state index is 0.882. The van der Waals surface area contributed by atoms with E-state index < -0.39 is 0 Å². The highest BCUT2D eigenvalue weighted by Crippen LogP contribution is 2.43. The molecule has 0 amide bonds. The summed E-state index contributed by atoms with van der Waals surface area (Å²) >= 11 is 0. The quantitative estimate of drug-likeness (QED) is 0.654. The summed E-state index contributed by atoms with van der Waals surface area (Å²) in [4.78, 5) is 0. The minimum atomic E-state index is 0.882. The lowest BCUT2D eigenvalue weighted by atomic mass is 9.75. The van der Waals surface area contributed by atoms with Gasteiger partial charge in [0.15, 0.2) is 0 Å². The molecule has 0 saturated heterocycles. The predicted molar refractivity (Wildman–Crippen MR) is 91.6 cm³/mol. The second kappa shape index (κ2) is 6.55. The first kappa shape index (κ1) is 15.1. The van der Waals surface area contributed by atoms with Crippen molar-refractivity contribution in [3.05, 3.63) is 34.9 Å². The van der Waals surface area contributed by atoms with Gasteiger partial charge in [0, 0.05) is 0 Å². The number of rotatable bonds is 4. The van der Waals surface area contributed by atoms with E-state index in [1.807, 2.05) is 0 Å². The highest BCUT2D eigenvalue weighted by Gasteiger charge is 2.32. The second-order valence-electron chi connectivity index (χ2n) is 8.03. The van der Waals surface area contributed by atoms with Gasteiger partial charge >= 0.3 is 0 Å². The number of aryl methyl sites for hydroxylation is 2. The third-order valence-electron chi connectivity index (χ3n) is 6.00. The van der Waals surface area contributed by atoms with Crippen LogP contribution in [0, 0.1) is 23.7 Å². The Morgan fingerprint density at radius 1 is 1.05 bits per heavy atom. The molecule has 0 aromatic heterocycles. The lowest BCUT2D eigenvalue weighted by Gasteiger charge is -2.30. The summed E-state index contributed by atoms with van der Waals surface area (Å²) in [5.74, 6) is 3.90. The Labute approximate surface area is 131 Å². The first-order chi connectivity index (χ1) is 10.2. The van der Waals surface area contributed by atoms with E-state index in [1.165, 1.54) is 56.9 Å². The van der Waals surface area contributed by atoms with Crippen molar-refractivity contribution in [1.82, 2.24) is 0 Å². The molecular formula is C21H32. The average molecular weight is 284 g/mol. The SMILES string of the molecule is CCc1ccc2c(c1)CC(C1CCC(CC(C)C)C1)CC2. The Bertz CT molecular complexity index is 471. The molecule has 1 aromatic carbocycles. The summed E-state index contributed by atoms with van der Waals surface area (Å²) in [6.07, 6.45) is 11.3. The summed E-state index contributed by atoms with van der Waals surface area (Å²) in [7, 11) is 0. The molecule has 0 aliphatic heterocycles. The fraction of sp³-hybridized carbons (Fsp3) is 0.714. The van der Waals surface area contributed by atoms with Crippen LogP contribution in [0.5, 0.6) is 0 Å². The summed E-state index contributed by atoms with van der Waals surface area (Å²) < 4.78 is 0. The highest BCUT2D eigenvalue weighted by atomic mass is 14.4. The maximum Gasteiger partial charge on any atom is -0.0245 e. The van der Waals surface area contributed by atoms with Crippen molar-refractivity contribution < 1.29 is 0 Å². The maximum absolute atomic E-state index is 2.50. The van der Waals surface area contributed by atoms with E-state index in [0.29, 0.717) is 0 Å². The van der Waals surface area contributed by atoms with Crippen LogP contribution in [0.4, 0.5) is 0 Å². The number of benzene rings is 1. The van der Waals surface area contributed by atoms with Crippen molar-refractivity contribution in [2.75, 3.05) is 0 Å². The highest BCUT2D eigenvalue weighted by molar-refractivity contribution is 5.34. The normalized spacial score (nSPS) is 28.9. The molecule has 0 spiro atoms. The van der Waals surface area contributed by atoms with Crippen LogP contribution < -0.4 is 0 Å². The fourth-order valence-electron chi connectivity index (χ4n) is 4.88. The van der Waals surface area contributed by atoms with E-state index in [2.05, 4.69) is 39.0 Å².